The molecule has 3 aromatic rings. The number of esters is 1. The van der Waals surface area contributed by atoms with Crippen molar-refractivity contribution >= 4 is 23.2 Å². The minimum absolute atomic E-state index is 0.258. The Balaban J connectivity index is 1.84. The number of aromatic nitrogens is 2. The van der Waals surface area contributed by atoms with E-state index in [1.807, 2.05) is 43.5 Å². The largest absolute Gasteiger partial charge is 0.462 e. The van der Waals surface area contributed by atoms with Crippen molar-refractivity contribution in [3.8, 4) is 0 Å². The zero-order valence-corrected chi connectivity index (χ0v) is 16.5. The molecule has 6 heteroatoms. The highest BCUT2D eigenvalue weighted by atomic mass is 16.5. The van der Waals surface area contributed by atoms with Crippen LogP contribution in [0.25, 0.3) is 5.65 Å². The Morgan fingerprint density at radius 3 is 2.75 bits per heavy atom. The van der Waals surface area contributed by atoms with E-state index in [-0.39, 0.29) is 11.9 Å². The van der Waals surface area contributed by atoms with Gasteiger partial charge in [-0.05, 0) is 49.6 Å². The summed E-state index contributed by atoms with van der Waals surface area (Å²) in [6.45, 7) is 6.38. The second kappa shape index (κ2) is 8.69. The molecule has 0 aliphatic carbocycles. The maximum atomic E-state index is 13.0. The fraction of sp³-hybridized carbons (Fsp3) is 0.318. The van der Waals surface area contributed by atoms with E-state index in [1.165, 1.54) is 0 Å². The molecule has 0 unspecified atom stereocenters. The summed E-state index contributed by atoms with van der Waals surface area (Å²) in [6.07, 6.45) is 4.27. The molecule has 2 aromatic heterocycles. The van der Waals surface area contributed by atoms with Crippen molar-refractivity contribution in [3.05, 3.63) is 65.1 Å². The highest BCUT2D eigenvalue weighted by Crippen LogP contribution is 2.19. The molecule has 0 fully saturated rings. The number of nitrogens with zero attached hydrogens (tertiary/aromatic N) is 2. The molecule has 28 heavy (non-hydrogen) atoms. The number of hydrogen-bond donors (Lipinski definition) is 1. The number of aryl methyl sites for hydroxylation is 2. The second-order valence-corrected chi connectivity index (χ2v) is 6.67. The Bertz CT molecular complexity index is 1010. The van der Waals surface area contributed by atoms with Crippen LogP contribution in [0.1, 0.15) is 58.8 Å². The first-order chi connectivity index (χ1) is 13.5. The lowest BCUT2D eigenvalue weighted by molar-refractivity contribution is 0.0499. The van der Waals surface area contributed by atoms with E-state index < -0.39 is 0 Å². The number of imidazole rings is 1. The smallest absolute Gasteiger partial charge is 0.338 e. The van der Waals surface area contributed by atoms with Crippen LogP contribution in [0.5, 0.6) is 0 Å². The van der Waals surface area contributed by atoms with Crippen LogP contribution < -0.4 is 5.32 Å². The van der Waals surface area contributed by atoms with Crippen LogP contribution in [0, 0.1) is 6.92 Å². The lowest BCUT2D eigenvalue weighted by atomic mass is 10.2. The van der Waals surface area contributed by atoms with E-state index in [0.29, 0.717) is 30.0 Å². The summed E-state index contributed by atoms with van der Waals surface area (Å²) in [5.41, 5.74) is 3.99. The third-order valence-corrected chi connectivity index (χ3v) is 4.55. The summed E-state index contributed by atoms with van der Waals surface area (Å²) in [6, 6.07) is 10.7. The van der Waals surface area contributed by atoms with E-state index in [2.05, 4.69) is 10.3 Å². The number of rotatable bonds is 7. The Kier molecular flexibility index (Phi) is 6.09. The van der Waals surface area contributed by atoms with Crippen LogP contribution in [0.2, 0.25) is 0 Å². The molecule has 3 rings (SSSR count). The number of carbonyl (C=O) groups excluding carboxylic acids is 2. The van der Waals surface area contributed by atoms with E-state index in [0.717, 1.165) is 29.7 Å². The highest BCUT2D eigenvalue weighted by molar-refractivity contribution is 6.05. The SMILES string of the molecule is CCCCOC(=O)c1cccc(NC(=O)c2c(CC)nc3c(C)cccn23)c1. The Morgan fingerprint density at radius 1 is 1.18 bits per heavy atom. The second-order valence-electron chi connectivity index (χ2n) is 6.67. The van der Waals surface area contributed by atoms with Crippen LogP contribution in [-0.2, 0) is 11.2 Å². The van der Waals surface area contributed by atoms with Crippen LogP contribution in [0.15, 0.2) is 42.6 Å². The zero-order chi connectivity index (χ0) is 20.1. The van der Waals surface area contributed by atoms with Gasteiger partial charge in [0.05, 0.1) is 17.9 Å². The summed E-state index contributed by atoms with van der Waals surface area (Å²) in [4.78, 5) is 29.7. The van der Waals surface area contributed by atoms with Crippen molar-refractivity contribution in [1.82, 2.24) is 9.38 Å². The molecule has 6 nitrogen and oxygen atoms in total. The third-order valence-electron chi connectivity index (χ3n) is 4.55. The fourth-order valence-electron chi connectivity index (χ4n) is 3.04. The number of amides is 1. The predicted octanol–water partition coefficient (Wildman–Crippen LogP) is 4.41. The topological polar surface area (TPSA) is 72.7 Å². The van der Waals surface area contributed by atoms with Crippen LogP contribution >= 0.6 is 0 Å². The predicted molar refractivity (Wildman–Crippen MR) is 109 cm³/mol. The normalized spacial score (nSPS) is 10.8. The molecule has 0 atom stereocenters. The van der Waals surface area contributed by atoms with Crippen LogP contribution in [0.4, 0.5) is 5.69 Å². The molecule has 0 saturated carbocycles. The van der Waals surface area contributed by atoms with E-state index >= 15 is 0 Å². The minimum atomic E-state index is -0.385. The lowest BCUT2D eigenvalue weighted by Gasteiger charge is -2.09. The van der Waals surface area contributed by atoms with Crippen molar-refractivity contribution in [3.63, 3.8) is 0 Å². The number of carbonyl (C=O) groups is 2. The van der Waals surface area contributed by atoms with Crippen molar-refractivity contribution in [2.45, 2.75) is 40.0 Å². The molecule has 1 amide bonds. The third kappa shape index (κ3) is 4.06. The molecule has 1 aromatic carbocycles. The molecule has 0 radical (unpaired) electrons. The molecule has 0 saturated heterocycles. The average molecular weight is 379 g/mol. The fourth-order valence-corrected chi connectivity index (χ4v) is 3.04. The number of anilines is 1. The van der Waals surface area contributed by atoms with Gasteiger partial charge in [0.2, 0.25) is 0 Å². The monoisotopic (exact) mass is 379 g/mol. The van der Waals surface area contributed by atoms with Gasteiger partial charge in [-0.3, -0.25) is 9.20 Å². The number of unbranched alkanes of at least 4 members (excludes halogenated alkanes) is 1. The van der Waals surface area contributed by atoms with Crippen molar-refractivity contribution in [2.75, 3.05) is 11.9 Å². The summed E-state index contributed by atoms with van der Waals surface area (Å²) >= 11 is 0. The first kappa shape index (κ1) is 19.6. The van der Waals surface area contributed by atoms with Crippen LogP contribution in [0.3, 0.4) is 0 Å². The van der Waals surface area contributed by atoms with E-state index in [1.54, 1.807) is 24.3 Å². The molecule has 0 spiro atoms. The number of pyridine rings is 1. The van der Waals surface area contributed by atoms with Crippen molar-refractivity contribution < 1.29 is 14.3 Å². The number of hydrogen-bond acceptors (Lipinski definition) is 4. The van der Waals surface area contributed by atoms with Gasteiger partial charge in [0, 0.05) is 11.9 Å². The molecule has 0 bridgehead atoms. The number of nitrogens with one attached hydrogen (secondary N) is 1. The van der Waals surface area contributed by atoms with E-state index in [9.17, 15) is 9.59 Å². The molecule has 2 heterocycles. The minimum Gasteiger partial charge on any atom is -0.462 e. The van der Waals surface area contributed by atoms with Crippen molar-refractivity contribution in [2.24, 2.45) is 0 Å². The van der Waals surface area contributed by atoms with Gasteiger partial charge < -0.3 is 10.1 Å². The van der Waals surface area contributed by atoms with Crippen LogP contribution in [-0.4, -0.2) is 27.9 Å². The van der Waals surface area contributed by atoms with Crippen molar-refractivity contribution in [1.29, 1.82) is 0 Å². The molecule has 0 aliphatic heterocycles. The first-order valence-corrected chi connectivity index (χ1v) is 9.60. The Morgan fingerprint density at radius 2 is 2.00 bits per heavy atom. The summed E-state index contributed by atoms with van der Waals surface area (Å²) in [7, 11) is 0. The lowest BCUT2D eigenvalue weighted by Crippen LogP contribution is -2.17. The Hall–Kier alpha value is -3.15. The number of ether oxygens (including phenoxy) is 1. The summed E-state index contributed by atoms with van der Waals surface area (Å²) in [5, 5.41) is 2.89. The van der Waals surface area contributed by atoms with Gasteiger partial charge in [-0.25, -0.2) is 9.78 Å². The van der Waals surface area contributed by atoms with Gasteiger partial charge in [-0.1, -0.05) is 32.4 Å². The maximum absolute atomic E-state index is 13.0. The highest BCUT2D eigenvalue weighted by Gasteiger charge is 2.19. The molecule has 146 valence electrons. The van der Waals surface area contributed by atoms with Gasteiger partial charge in [-0.2, -0.15) is 0 Å². The summed E-state index contributed by atoms with van der Waals surface area (Å²) in [5.74, 6) is -0.643. The quantitative estimate of drug-likeness (QED) is 0.487. The van der Waals surface area contributed by atoms with Gasteiger partial charge in [-0.15, -0.1) is 0 Å². The van der Waals surface area contributed by atoms with E-state index in [4.69, 9.17) is 4.74 Å². The van der Waals surface area contributed by atoms with Gasteiger partial charge >= 0.3 is 5.97 Å². The number of benzene rings is 1. The zero-order valence-electron chi connectivity index (χ0n) is 16.5. The van der Waals surface area contributed by atoms with Gasteiger partial charge in [0.25, 0.3) is 5.91 Å². The first-order valence-electron chi connectivity index (χ1n) is 9.60. The molecule has 1 N–H and O–H groups in total. The Labute approximate surface area is 164 Å². The molecule has 0 aliphatic rings. The number of fused-ring (bicyclic) bond motifs is 1. The molecular weight excluding hydrogens is 354 g/mol. The standard InChI is InChI=1S/C22H25N3O3/c1-4-6-13-28-22(27)16-10-7-11-17(14-16)23-21(26)19-18(5-2)24-20-15(3)9-8-12-25(19)20/h7-12,14H,4-6,13H2,1-3H3,(H,23,26). The average Bonchev–Trinajstić information content (AvgIpc) is 3.08. The van der Waals surface area contributed by atoms with Gasteiger partial charge in [0.1, 0.15) is 11.3 Å². The molecular formula is C22H25N3O3. The maximum Gasteiger partial charge on any atom is 0.338 e. The summed E-state index contributed by atoms with van der Waals surface area (Å²) < 4.78 is 7.05. The van der Waals surface area contributed by atoms with Gasteiger partial charge in [0.15, 0.2) is 0 Å².